The molecule has 0 aliphatic rings. The van der Waals surface area contributed by atoms with E-state index in [1.54, 1.807) is 0 Å². The first kappa shape index (κ1) is 17.6. The summed E-state index contributed by atoms with van der Waals surface area (Å²) in [5.74, 6) is -0.363. The predicted molar refractivity (Wildman–Crippen MR) is 69.4 cm³/mol. The minimum absolute atomic E-state index is 0. The second kappa shape index (κ2) is 7.44. The van der Waals surface area contributed by atoms with Gasteiger partial charge in [-0.05, 0) is 0 Å². The summed E-state index contributed by atoms with van der Waals surface area (Å²) in [6, 6.07) is 0. The smallest absolute Gasteiger partial charge is 0.155 e. The largest absolute Gasteiger partial charge is 0.505 e. The fourth-order valence-electron chi connectivity index (χ4n) is 0.593. The Balaban J connectivity index is 0. The maximum atomic E-state index is 9.20. The van der Waals surface area contributed by atoms with E-state index in [9.17, 15) is 5.11 Å². The summed E-state index contributed by atoms with van der Waals surface area (Å²) in [6.45, 7) is 6.00. The van der Waals surface area contributed by atoms with Crippen molar-refractivity contribution in [1.82, 2.24) is 6.15 Å². The van der Waals surface area contributed by atoms with Gasteiger partial charge in [0.05, 0.1) is 15.1 Å². The minimum Gasteiger partial charge on any atom is -0.505 e. The molecule has 86 valence electrons. The fraction of sp³-hybridized carbons (Fsp3) is 0. The number of phenolic OH excluding ortho intramolecular Hbond substituents is 1. The van der Waals surface area contributed by atoms with Crippen molar-refractivity contribution in [3.05, 3.63) is 38.3 Å². The molecule has 15 heavy (non-hydrogen) atoms. The quantitative estimate of drug-likeness (QED) is 0.371. The molecule has 0 saturated heterocycles. The molecular formula is C8H8Cl5NO. The maximum Gasteiger partial charge on any atom is 0.155 e. The van der Waals surface area contributed by atoms with Crippen LogP contribution in [0.5, 0.6) is 5.75 Å². The molecule has 0 saturated carbocycles. The van der Waals surface area contributed by atoms with Gasteiger partial charge >= 0.3 is 0 Å². The molecule has 0 heterocycles. The Morgan fingerprint density at radius 3 is 1.13 bits per heavy atom. The number of rotatable bonds is 0. The second-order valence-corrected chi connectivity index (χ2v) is 3.81. The van der Waals surface area contributed by atoms with Gasteiger partial charge in [0.15, 0.2) is 5.75 Å². The summed E-state index contributed by atoms with van der Waals surface area (Å²) >= 11 is 27.9. The maximum absolute atomic E-state index is 9.20. The SMILES string of the molecule is C=C.N.Oc1c(Cl)c(Cl)c(Cl)c(Cl)c1Cl. The van der Waals surface area contributed by atoms with E-state index in [1.165, 1.54) is 0 Å². The number of halogens is 5. The van der Waals surface area contributed by atoms with Gasteiger partial charge < -0.3 is 11.3 Å². The van der Waals surface area contributed by atoms with Gasteiger partial charge in [0.2, 0.25) is 0 Å². The topological polar surface area (TPSA) is 55.2 Å². The van der Waals surface area contributed by atoms with Crippen LogP contribution in [-0.4, -0.2) is 5.11 Å². The molecule has 0 atom stereocenters. The highest BCUT2D eigenvalue weighted by Crippen LogP contribution is 2.47. The molecule has 0 radical (unpaired) electrons. The van der Waals surface area contributed by atoms with Crippen LogP contribution < -0.4 is 6.15 Å². The first-order chi connectivity index (χ1) is 6.46. The number of benzene rings is 1. The Kier molecular flexibility index (Phi) is 8.72. The molecule has 0 aliphatic carbocycles. The highest BCUT2D eigenvalue weighted by molar-refractivity contribution is 6.55. The second-order valence-electron chi connectivity index (χ2n) is 1.92. The van der Waals surface area contributed by atoms with Crippen LogP contribution in [0.15, 0.2) is 13.2 Å². The average Bonchev–Trinajstić information content (AvgIpc) is 2.24. The van der Waals surface area contributed by atoms with Crippen molar-refractivity contribution in [2.75, 3.05) is 0 Å². The zero-order chi connectivity index (χ0) is 11.5. The molecular weight excluding hydrogens is 303 g/mol. The molecule has 2 nitrogen and oxygen atoms in total. The van der Waals surface area contributed by atoms with Crippen LogP contribution in [0.3, 0.4) is 0 Å². The monoisotopic (exact) mass is 309 g/mol. The van der Waals surface area contributed by atoms with Crippen LogP contribution >= 0.6 is 58.0 Å². The third kappa shape index (κ3) is 3.59. The Bertz CT molecular complexity index is 250. The van der Waals surface area contributed by atoms with Crippen molar-refractivity contribution in [1.29, 1.82) is 0 Å². The van der Waals surface area contributed by atoms with Crippen molar-refractivity contribution in [2.24, 2.45) is 0 Å². The van der Waals surface area contributed by atoms with Gasteiger partial charge in [-0.1, -0.05) is 58.0 Å². The van der Waals surface area contributed by atoms with Gasteiger partial charge in [-0.15, -0.1) is 13.2 Å². The molecule has 4 N–H and O–H groups in total. The Morgan fingerprint density at radius 2 is 0.867 bits per heavy atom. The molecule has 1 aromatic rings. The highest BCUT2D eigenvalue weighted by atomic mass is 35.5. The fourth-order valence-corrected chi connectivity index (χ4v) is 1.72. The van der Waals surface area contributed by atoms with Crippen LogP contribution in [0, 0.1) is 0 Å². The molecule has 1 rings (SSSR count). The van der Waals surface area contributed by atoms with Crippen LogP contribution in [0.1, 0.15) is 0 Å². The van der Waals surface area contributed by atoms with E-state index in [2.05, 4.69) is 13.2 Å². The van der Waals surface area contributed by atoms with E-state index in [4.69, 9.17) is 58.0 Å². The van der Waals surface area contributed by atoms with Crippen molar-refractivity contribution in [3.8, 4) is 5.75 Å². The first-order valence-corrected chi connectivity index (χ1v) is 5.06. The molecule has 7 heteroatoms. The van der Waals surface area contributed by atoms with E-state index in [0.717, 1.165) is 0 Å². The molecule has 0 aromatic heterocycles. The predicted octanol–water partition coefficient (Wildman–Crippen LogP) is 5.62. The number of aromatic hydroxyl groups is 1. The molecule has 0 fully saturated rings. The zero-order valence-corrected chi connectivity index (χ0v) is 11.2. The lowest BCUT2D eigenvalue weighted by Crippen LogP contribution is -1.78. The van der Waals surface area contributed by atoms with E-state index < -0.39 is 0 Å². The zero-order valence-electron chi connectivity index (χ0n) is 7.46. The van der Waals surface area contributed by atoms with Gasteiger partial charge in [-0.25, -0.2) is 0 Å². The third-order valence-electron chi connectivity index (χ3n) is 1.19. The van der Waals surface area contributed by atoms with Crippen molar-refractivity contribution < 1.29 is 5.11 Å². The van der Waals surface area contributed by atoms with Gasteiger partial charge in [0, 0.05) is 0 Å². The van der Waals surface area contributed by atoms with E-state index in [-0.39, 0.29) is 37.0 Å². The van der Waals surface area contributed by atoms with Crippen molar-refractivity contribution >= 4 is 58.0 Å². The summed E-state index contributed by atoms with van der Waals surface area (Å²) in [5.41, 5.74) is 0. The van der Waals surface area contributed by atoms with Crippen molar-refractivity contribution in [3.63, 3.8) is 0 Å². The van der Waals surface area contributed by atoms with Gasteiger partial charge in [0.25, 0.3) is 0 Å². The summed E-state index contributed by atoms with van der Waals surface area (Å²) in [7, 11) is 0. The van der Waals surface area contributed by atoms with Crippen LogP contribution in [0.25, 0.3) is 0 Å². The molecule has 1 aromatic carbocycles. The van der Waals surface area contributed by atoms with Gasteiger partial charge in [-0.3, -0.25) is 0 Å². The standard InChI is InChI=1S/C6HCl5O.C2H4.H3N/c7-1-2(8)4(10)6(12)5(11)3(1)9;1-2;/h12H;1-2H2;1H3. The molecule has 0 aliphatic heterocycles. The molecule has 0 amide bonds. The minimum atomic E-state index is -0.363. The Labute approximate surface area is 113 Å². The summed E-state index contributed by atoms with van der Waals surface area (Å²) in [6.07, 6.45) is 0. The third-order valence-corrected chi connectivity index (χ3v) is 3.44. The summed E-state index contributed by atoms with van der Waals surface area (Å²) in [5, 5.41) is 9.01. The van der Waals surface area contributed by atoms with E-state index in [0.29, 0.717) is 0 Å². The molecule has 0 bridgehead atoms. The van der Waals surface area contributed by atoms with Crippen molar-refractivity contribution in [2.45, 2.75) is 0 Å². The molecule has 0 spiro atoms. The summed E-state index contributed by atoms with van der Waals surface area (Å²) < 4.78 is 0. The Hall–Kier alpha value is 0.170. The lowest BCUT2D eigenvalue weighted by Gasteiger charge is -2.06. The van der Waals surface area contributed by atoms with E-state index >= 15 is 0 Å². The average molecular weight is 311 g/mol. The summed E-state index contributed by atoms with van der Waals surface area (Å²) in [4.78, 5) is 0. The Morgan fingerprint density at radius 1 is 0.667 bits per heavy atom. The van der Waals surface area contributed by atoms with Crippen LogP contribution in [0.4, 0.5) is 0 Å². The highest BCUT2D eigenvalue weighted by Gasteiger charge is 2.17. The number of hydrogen-bond acceptors (Lipinski definition) is 2. The van der Waals surface area contributed by atoms with E-state index in [1.807, 2.05) is 0 Å². The van der Waals surface area contributed by atoms with Crippen LogP contribution in [0.2, 0.25) is 25.1 Å². The lowest BCUT2D eigenvalue weighted by molar-refractivity contribution is 0.476. The first-order valence-electron chi connectivity index (χ1n) is 3.17. The lowest BCUT2D eigenvalue weighted by atomic mass is 10.3. The normalized spacial score (nSPS) is 8.60. The number of hydrogen-bond donors (Lipinski definition) is 2. The van der Waals surface area contributed by atoms with Gasteiger partial charge in [0.1, 0.15) is 10.0 Å². The van der Waals surface area contributed by atoms with Gasteiger partial charge in [-0.2, -0.15) is 0 Å². The van der Waals surface area contributed by atoms with Crippen LogP contribution in [-0.2, 0) is 0 Å². The number of phenols is 1. The molecule has 0 unspecified atom stereocenters.